The van der Waals surface area contributed by atoms with E-state index in [1.54, 1.807) is 0 Å². The quantitative estimate of drug-likeness (QED) is 0.278. The van der Waals surface area contributed by atoms with Gasteiger partial charge in [-0.3, -0.25) is 0 Å². The number of rotatable bonds is 7. The Morgan fingerprint density at radius 2 is 1.86 bits per heavy atom. The monoisotopic (exact) mass is 220 g/mol. The van der Waals surface area contributed by atoms with Gasteiger partial charge in [0.05, 0.1) is 21.3 Å². The molecule has 0 radical (unpaired) electrons. The lowest BCUT2D eigenvalue weighted by atomic mass is 11.0. The molecule has 0 bridgehead atoms. The van der Waals surface area contributed by atoms with Gasteiger partial charge < -0.3 is 13.9 Å². The Labute approximate surface area is 85.0 Å². The highest BCUT2D eigenvalue weighted by Crippen LogP contribution is 2.19. The van der Waals surface area contributed by atoms with Crippen LogP contribution >= 0.6 is 0 Å². The van der Waals surface area contributed by atoms with Gasteiger partial charge in [0.25, 0.3) is 0 Å². The second kappa shape index (κ2) is 6.60. The van der Waals surface area contributed by atoms with Crippen LogP contribution in [0.4, 0.5) is 0 Å². The maximum Gasteiger partial charge on any atom is 0.469 e. The standard InChI is InChI=1S/C8H16O5Si/c1-6-14(12-5,13-11-4)8(10-3)7-9-2/h6-7H,1H2,2-5H3/b8-7+. The van der Waals surface area contributed by atoms with Crippen LogP contribution in [0.3, 0.4) is 0 Å². The van der Waals surface area contributed by atoms with E-state index in [-0.39, 0.29) is 0 Å². The molecule has 0 aliphatic rings. The Balaban J connectivity index is 4.92. The summed E-state index contributed by atoms with van der Waals surface area (Å²) < 4.78 is 20.2. The van der Waals surface area contributed by atoms with E-state index < -0.39 is 8.56 Å². The molecule has 5 nitrogen and oxygen atoms in total. The molecule has 6 heteroatoms. The Kier molecular flexibility index (Phi) is 6.22. The van der Waals surface area contributed by atoms with E-state index in [2.05, 4.69) is 11.5 Å². The Hall–Kier alpha value is -0.823. The summed E-state index contributed by atoms with van der Waals surface area (Å²) in [5, 5.41) is 0.430. The summed E-state index contributed by atoms with van der Waals surface area (Å²) in [7, 11) is 3.05. The fourth-order valence-electron chi connectivity index (χ4n) is 0.897. The van der Waals surface area contributed by atoms with Crippen LogP contribution in [-0.4, -0.2) is 37.0 Å². The average molecular weight is 220 g/mol. The molecule has 0 aromatic carbocycles. The fraction of sp³-hybridized carbons (Fsp3) is 0.500. The first-order chi connectivity index (χ1) is 6.70. The molecule has 0 amide bonds. The highest BCUT2D eigenvalue weighted by atomic mass is 28.4. The molecular weight excluding hydrogens is 204 g/mol. The molecule has 1 unspecified atom stereocenters. The number of ether oxygens (including phenoxy) is 2. The number of hydrogen-bond acceptors (Lipinski definition) is 5. The van der Waals surface area contributed by atoms with Crippen LogP contribution in [0.15, 0.2) is 23.9 Å². The predicted molar refractivity (Wildman–Crippen MR) is 53.2 cm³/mol. The van der Waals surface area contributed by atoms with E-state index in [9.17, 15) is 0 Å². The highest BCUT2D eigenvalue weighted by Gasteiger charge is 2.42. The first kappa shape index (κ1) is 13.2. The SMILES string of the molecule is C=C[Si](OC)(OOC)/C(=C/OC)OC. The molecule has 0 aliphatic heterocycles. The lowest BCUT2D eigenvalue weighted by Gasteiger charge is -2.24. The summed E-state index contributed by atoms with van der Waals surface area (Å²) in [6.07, 6.45) is 1.40. The van der Waals surface area contributed by atoms with Crippen molar-refractivity contribution in [1.29, 1.82) is 0 Å². The molecule has 0 heterocycles. The minimum absolute atomic E-state index is 0.430. The van der Waals surface area contributed by atoms with Gasteiger partial charge in [0.2, 0.25) is 0 Å². The largest absolute Gasteiger partial charge is 0.501 e. The summed E-state index contributed by atoms with van der Waals surface area (Å²) in [4.78, 5) is 4.61. The van der Waals surface area contributed by atoms with Crippen molar-refractivity contribution in [2.24, 2.45) is 0 Å². The molecule has 0 rings (SSSR count). The normalized spacial score (nSPS) is 15.9. The first-order valence-electron chi connectivity index (χ1n) is 3.88. The third-order valence-electron chi connectivity index (χ3n) is 1.57. The smallest absolute Gasteiger partial charge is 0.469 e. The van der Waals surface area contributed by atoms with Crippen LogP contribution in [0.5, 0.6) is 0 Å². The topological polar surface area (TPSA) is 46.2 Å². The van der Waals surface area contributed by atoms with Gasteiger partial charge in [0, 0.05) is 7.11 Å². The fourth-order valence-corrected chi connectivity index (χ4v) is 2.50. The van der Waals surface area contributed by atoms with E-state index in [1.807, 2.05) is 0 Å². The van der Waals surface area contributed by atoms with Crippen molar-refractivity contribution in [2.45, 2.75) is 0 Å². The summed E-state index contributed by atoms with van der Waals surface area (Å²) in [5.41, 5.74) is 1.53. The summed E-state index contributed by atoms with van der Waals surface area (Å²) in [6, 6.07) is 0. The molecule has 0 N–H and O–H groups in total. The number of methoxy groups -OCH3 is 2. The van der Waals surface area contributed by atoms with Gasteiger partial charge in [-0.05, 0) is 5.70 Å². The zero-order chi connectivity index (χ0) is 11.0. The third-order valence-corrected chi connectivity index (χ3v) is 4.13. The lowest BCUT2D eigenvalue weighted by molar-refractivity contribution is -0.203. The summed E-state index contributed by atoms with van der Waals surface area (Å²) >= 11 is 0. The maximum absolute atomic E-state index is 5.23. The second-order valence-corrected chi connectivity index (χ2v) is 5.06. The predicted octanol–water partition coefficient (Wildman–Crippen LogP) is 1.05. The minimum atomic E-state index is -2.84. The first-order valence-corrected chi connectivity index (χ1v) is 5.78. The van der Waals surface area contributed by atoms with Crippen LogP contribution in [-0.2, 0) is 23.4 Å². The van der Waals surface area contributed by atoms with Crippen molar-refractivity contribution in [3.8, 4) is 0 Å². The van der Waals surface area contributed by atoms with Crippen LogP contribution in [0.1, 0.15) is 0 Å². The molecule has 0 saturated carbocycles. The molecule has 1 atom stereocenters. The Morgan fingerprint density at radius 1 is 1.21 bits per heavy atom. The van der Waals surface area contributed by atoms with Gasteiger partial charge in [-0.15, -0.1) is 6.58 Å². The highest BCUT2D eigenvalue weighted by molar-refractivity contribution is 6.78. The van der Waals surface area contributed by atoms with Crippen molar-refractivity contribution in [3.05, 3.63) is 23.9 Å². The molecule has 0 saturated heterocycles. The molecule has 0 aromatic rings. The van der Waals surface area contributed by atoms with Crippen LogP contribution in [0, 0.1) is 0 Å². The lowest BCUT2D eigenvalue weighted by Crippen LogP contribution is -2.42. The molecule has 14 heavy (non-hydrogen) atoms. The molecule has 0 aromatic heterocycles. The van der Waals surface area contributed by atoms with E-state index in [1.165, 1.54) is 40.4 Å². The molecular formula is C8H16O5Si. The van der Waals surface area contributed by atoms with Crippen LogP contribution in [0.25, 0.3) is 0 Å². The van der Waals surface area contributed by atoms with Crippen molar-refractivity contribution in [1.82, 2.24) is 0 Å². The van der Waals surface area contributed by atoms with E-state index >= 15 is 0 Å². The van der Waals surface area contributed by atoms with E-state index in [4.69, 9.17) is 18.5 Å². The summed E-state index contributed by atoms with van der Waals surface area (Å²) in [5.74, 6) is 0. The molecule has 0 fully saturated rings. The van der Waals surface area contributed by atoms with Crippen LogP contribution in [0.2, 0.25) is 0 Å². The number of hydrogen-bond donors (Lipinski definition) is 0. The van der Waals surface area contributed by atoms with E-state index in [0.717, 1.165) is 0 Å². The zero-order valence-corrected chi connectivity index (χ0v) is 9.90. The minimum Gasteiger partial charge on any atom is -0.501 e. The van der Waals surface area contributed by atoms with Crippen molar-refractivity contribution >= 4 is 8.56 Å². The van der Waals surface area contributed by atoms with Crippen molar-refractivity contribution in [2.75, 3.05) is 28.4 Å². The zero-order valence-electron chi connectivity index (χ0n) is 8.90. The van der Waals surface area contributed by atoms with Gasteiger partial charge in [-0.2, -0.15) is 0 Å². The third kappa shape index (κ3) is 2.84. The molecule has 82 valence electrons. The maximum atomic E-state index is 5.23. The Bertz CT molecular complexity index is 206. The second-order valence-electron chi connectivity index (χ2n) is 2.25. The van der Waals surface area contributed by atoms with Crippen molar-refractivity contribution < 1.29 is 23.4 Å². The van der Waals surface area contributed by atoms with Gasteiger partial charge in [0.15, 0.2) is 5.38 Å². The summed E-state index contributed by atoms with van der Waals surface area (Å²) in [6.45, 7) is 3.63. The van der Waals surface area contributed by atoms with Gasteiger partial charge in [0.1, 0.15) is 6.26 Å². The molecule has 0 spiro atoms. The van der Waals surface area contributed by atoms with Gasteiger partial charge >= 0.3 is 8.56 Å². The van der Waals surface area contributed by atoms with Gasteiger partial charge in [-0.1, -0.05) is 0 Å². The van der Waals surface area contributed by atoms with Crippen LogP contribution < -0.4 is 0 Å². The molecule has 0 aliphatic carbocycles. The van der Waals surface area contributed by atoms with Crippen molar-refractivity contribution in [3.63, 3.8) is 0 Å². The Morgan fingerprint density at radius 3 is 2.14 bits per heavy atom. The van der Waals surface area contributed by atoms with Gasteiger partial charge in [-0.25, -0.2) is 9.46 Å². The van der Waals surface area contributed by atoms with E-state index in [0.29, 0.717) is 5.38 Å². The average Bonchev–Trinajstić information content (AvgIpc) is 2.23.